The Hall–Kier alpha value is -5.70. The van der Waals surface area contributed by atoms with Crippen molar-refractivity contribution in [3.8, 4) is 17.1 Å². The number of aliphatic carboxylic acids is 2. The van der Waals surface area contributed by atoms with Crippen molar-refractivity contribution in [2.24, 2.45) is 11.8 Å². The predicted molar refractivity (Wildman–Crippen MR) is 169 cm³/mol. The third-order valence-corrected chi connectivity index (χ3v) is 7.43. The van der Waals surface area contributed by atoms with Crippen LogP contribution in [0.2, 0.25) is 0 Å². The van der Waals surface area contributed by atoms with Crippen molar-refractivity contribution in [3.05, 3.63) is 77.6 Å². The third kappa shape index (κ3) is 10.2. The number of rotatable bonds is 18. The third-order valence-electron chi connectivity index (χ3n) is 7.43. The van der Waals surface area contributed by atoms with Gasteiger partial charge >= 0.3 is 11.9 Å². The van der Waals surface area contributed by atoms with Crippen molar-refractivity contribution >= 4 is 35.6 Å². The molecular weight excluding hydrogens is 628 g/mol. The number of carboxylic acid groups (broad SMARTS) is 2. The first-order chi connectivity index (χ1) is 23.0. The van der Waals surface area contributed by atoms with Crippen LogP contribution in [0, 0.1) is 11.8 Å². The second kappa shape index (κ2) is 17.9. The van der Waals surface area contributed by atoms with Crippen LogP contribution in [0.1, 0.15) is 59.6 Å². The average Bonchev–Trinajstić information content (AvgIpc) is 3.57. The molecule has 0 radical (unpaired) electrons. The molecule has 7 N–H and O–H groups in total. The standard InChI is InChI=1S/C33H38N4O11/c1-3-21(31(42)37-46)22(12-10-19-8-6-5-7-9-19)29(40)34-18-35-32(43)26-15-14-25(48-26)20-11-13-23(27(16-20)47-4-2)30(41)36-24(33(44)45)17-28(38)39/h5-9,11,13-16,21-22,24,46H,3-4,10,12,17-18H2,1-2H3,(H,34,40)(H,35,43)(H,36,41)(H,37,42)(H,38,39)(H,44,45)/t21-,22-,24+/m1/s1. The van der Waals surface area contributed by atoms with Gasteiger partial charge < -0.3 is 35.3 Å². The van der Waals surface area contributed by atoms with Crippen molar-refractivity contribution in [1.29, 1.82) is 0 Å². The Bertz CT molecular complexity index is 1610. The summed E-state index contributed by atoms with van der Waals surface area (Å²) in [5, 5.41) is 34.7. The summed E-state index contributed by atoms with van der Waals surface area (Å²) in [5.41, 5.74) is 2.98. The van der Waals surface area contributed by atoms with E-state index in [0.29, 0.717) is 24.8 Å². The predicted octanol–water partition coefficient (Wildman–Crippen LogP) is 2.59. The number of hydrogen-bond acceptors (Lipinski definition) is 9. The Morgan fingerprint density at radius 1 is 0.854 bits per heavy atom. The minimum Gasteiger partial charge on any atom is -0.493 e. The summed E-state index contributed by atoms with van der Waals surface area (Å²) in [5.74, 6) is -6.96. The molecule has 0 fully saturated rings. The zero-order valence-corrected chi connectivity index (χ0v) is 26.4. The molecule has 0 saturated heterocycles. The van der Waals surface area contributed by atoms with E-state index in [1.165, 1.54) is 30.3 Å². The SMILES string of the molecule is CCOc1cc(-c2ccc(C(=O)NCNC(=O)[C@H](CCc3ccccc3)[C@@H](CC)C(=O)NO)o2)ccc1C(=O)N[C@@H](CC(=O)O)C(=O)O. The topological polar surface area (TPSA) is 234 Å². The molecule has 48 heavy (non-hydrogen) atoms. The summed E-state index contributed by atoms with van der Waals surface area (Å²) in [6.07, 6.45) is 0.313. The Balaban J connectivity index is 1.67. The molecule has 4 amide bonds. The highest BCUT2D eigenvalue weighted by molar-refractivity contribution is 6.00. The number of ether oxygens (including phenoxy) is 1. The second-order valence-corrected chi connectivity index (χ2v) is 10.6. The lowest BCUT2D eigenvalue weighted by molar-refractivity contribution is -0.145. The van der Waals surface area contributed by atoms with Crippen LogP contribution in [0.5, 0.6) is 5.75 Å². The quantitative estimate of drug-likeness (QED) is 0.0592. The van der Waals surface area contributed by atoms with E-state index in [-0.39, 0.29) is 36.1 Å². The van der Waals surface area contributed by atoms with E-state index in [1.54, 1.807) is 19.3 Å². The number of carboxylic acids is 2. The van der Waals surface area contributed by atoms with E-state index in [9.17, 15) is 39.1 Å². The molecule has 0 saturated carbocycles. The maximum atomic E-state index is 13.1. The average molecular weight is 667 g/mol. The van der Waals surface area contributed by atoms with Gasteiger partial charge in [0, 0.05) is 11.5 Å². The first kappa shape index (κ1) is 36.8. The highest BCUT2D eigenvalue weighted by atomic mass is 16.5. The van der Waals surface area contributed by atoms with Crippen LogP contribution in [-0.2, 0) is 25.6 Å². The lowest BCUT2D eigenvalue weighted by Crippen LogP contribution is -2.45. The van der Waals surface area contributed by atoms with E-state index in [1.807, 2.05) is 30.3 Å². The van der Waals surface area contributed by atoms with Crippen LogP contribution in [0.25, 0.3) is 11.3 Å². The van der Waals surface area contributed by atoms with Gasteiger partial charge in [0.1, 0.15) is 17.6 Å². The van der Waals surface area contributed by atoms with Crippen molar-refractivity contribution in [1.82, 2.24) is 21.4 Å². The van der Waals surface area contributed by atoms with E-state index in [4.69, 9.17) is 14.3 Å². The summed E-state index contributed by atoms with van der Waals surface area (Å²) < 4.78 is 11.3. The molecule has 0 aliphatic carbocycles. The van der Waals surface area contributed by atoms with Crippen molar-refractivity contribution < 1.29 is 53.3 Å². The van der Waals surface area contributed by atoms with Gasteiger partial charge in [0.2, 0.25) is 11.8 Å². The lowest BCUT2D eigenvalue weighted by atomic mass is 9.84. The van der Waals surface area contributed by atoms with Crippen molar-refractivity contribution in [3.63, 3.8) is 0 Å². The fourth-order valence-electron chi connectivity index (χ4n) is 5.01. The van der Waals surface area contributed by atoms with Gasteiger partial charge in [-0.05, 0) is 56.0 Å². The number of benzene rings is 2. The fourth-order valence-corrected chi connectivity index (χ4v) is 5.01. The minimum absolute atomic E-state index is 0.0404. The molecule has 3 rings (SSSR count). The monoisotopic (exact) mass is 666 g/mol. The van der Waals surface area contributed by atoms with Crippen LogP contribution < -0.4 is 26.2 Å². The smallest absolute Gasteiger partial charge is 0.326 e. The van der Waals surface area contributed by atoms with Crippen molar-refractivity contribution in [2.75, 3.05) is 13.3 Å². The van der Waals surface area contributed by atoms with Crippen LogP contribution >= 0.6 is 0 Å². The van der Waals surface area contributed by atoms with Gasteiger partial charge in [-0.1, -0.05) is 43.3 Å². The number of hydrogen-bond donors (Lipinski definition) is 7. The normalized spacial score (nSPS) is 12.6. The van der Waals surface area contributed by atoms with Crippen molar-refractivity contribution in [2.45, 2.75) is 45.6 Å². The summed E-state index contributed by atoms with van der Waals surface area (Å²) >= 11 is 0. The van der Waals surface area contributed by atoms with Gasteiger partial charge in [0.05, 0.1) is 31.2 Å². The van der Waals surface area contributed by atoms with Gasteiger partial charge in [-0.15, -0.1) is 0 Å². The molecule has 15 heteroatoms. The number of aryl methyl sites for hydroxylation is 1. The largest absolute Gasteiger partial charge is 0.493 e. The molecule has 2 aromatic carbocycles. The van der Waals surface area contributed by atoms with Crippen LogP contribution in [0.3, 0.4) is 0 Å². The maximum Gasteiger partial charge on any atom is 0.326 e. The summed E-state index contributed by atoms with van der Waals surface area (Å²) in [7, 11) is 0. The van der Waals surface area contributed by atoms with Gasteiger partial charge in [-0.3, -0.25) is 29.2 Å². The molecule has 3 atom stereocenters. The first-order valence-corrected chi connectivity index (χ1v) is 15.1. The number of amides is 4. The number of carbonyl (C=O) groups is 6. The number of nitrogens with one attached hydrogen (secondary N) is 4. The van der Waals surface area contributed by atoms with E-state index < -0.39 is 59.9 Å². The van der Waals surface area contributed by atoms with Crippen LogP contribution in [0.15, 0.2) is 65.1 Å². The molecule has 256 valence electrons. The number of hydroxylamine groups is 1. The fraction of sp³-hybridized carbons (Fsp3) is 0.333. The molecule has 1 heterocycles. The lowest BCUT2D eigenvalue weighted by Gasteiger charge is -2.24. The van der Waals surface area contributed by atoms with Gasteiger partial charge in [-0.25, -0.2) is 10.3 Å². The molecular formula is C33H38N4O11. The zero-order chi connectivity index (χ0) is 35.2. The van der Waals surface area contributed by atoms with E-state index in [2.05, 4.69) is 16.0 Å². The summed E-state index contributed by atoms with van der Waals surface area (Å²) in [6.45, 7) is 3.28. The number of carbonyl (C=O) groups excluding carboxylic acids is 4. The van der Waals surface area contributed by atoms with Gasteiger partial charge in [0.25, 0.3) is 11.8 Å². The zero-order valence-electron chi connectivity index (χ0n) is 26.4. The first-order valence-electron chi connectivity index (χ1n) is 15.1. The van der Waals surface area contributed by atoms with Gasteiger partial charge in [-0.2, -0.15) is 0 Å². The van der Waals surface area contributed by atoms with Crippen LogP contribution in [0.4, 0.5) is 0 Å². The highest BCUT2D eigenvalue weighted by Crippen LogP contribution is 2.29. The van der Waals surface area contributed by atoms with Gasteiger partial charge in [0.15, 0.2) is 5.76 Å². The minimum atomic E-state index is -1.66. The number of furan rings is 1. The molecule has 3 aromatic rings. The maximum absolute atomic E-state index is 13.1. The molecule has 0 aliphatic heterocycles. The van der Waals surface area contributed by atoms with E-state index >= 15 is 0 Å². The molecule has 0 spiro atoms. The molecule has 1 aromatic heterocycles. The Morgan fingerprint density at radius 2 is 1.58 bits per heavy atom. The van der Waals surface area contributed by atoms with Crippen LogP contribution in [-0.4, -0.2) is 70.3 Å². The Labute approximate surface area is 275 Å². The Kier molecular flexibility index (Phi) is 13.7. The summed E-state index contributed by atoms with van der Waals surface area (Å²) in [4.78, 5) is 73.4. The van der Waals surface area contributed by atoms with E-state index in [0.717, 1.165) is 5.56 Å². The Morgan fingerprint density at radius 3 is 2.21 bits per heavy atom. The molecule has 0 aliphatic rings. The molecule has 15 nitrogen and oxygen atoms in total. The highest BCUT2D eigenvalue weighted by Gasteiger charge is 2.32. The second-order valence-electron chi connectivity index (χ2n) is 10.6. The molecule has 0 bridgehead atoms. The summed E-state index contributed by atoms with van der Waals surface area (Å²) in [6, 6.07) is 15.0. The molecule has 0 unspecified atom stereocenters.